The molecule has 6 heteroatoms. The average Bonchev–Trinajstić information content (AvgIpc) is 2.50. The number of hydrogen-bond acceptors (Lipinski definition) is 5. The fourth-order valence-corrected chi connectivity index (χ4v) is 2.48. The molecule has 0 saturated carbocycles. The van der Waals surface area contributed by atoms with Crippen LogP contribution in [0.5, 0.6) is 5.88 Å². The molecule has 2 heterocycles. The molecule has 1 fully saturated rings. The van der Waals surface area contributed by atoms with Gasteiger partial charge < -0.3 is 18.8 Å². The minimum atomic E-state index is -0.398. The minimum Gasteiger partial charge on any atom is -0.475 e. The van der Waals surface area contributed by atoms with E-state index >= 15 is 0 Å². The van der Waals surface area contributed by atoms with E-state index in [0.29, 0.717) is 25.7 Å². The molecular weight excluding hydrogens is 293 g/mol. The summed E-state index contributed by atoms with van der Waals surface area (Å²) >= 11 is 0. The van der Waals surface area contributed by atoms with Gasteiger partial charge in [0.1, 0.15) is 6.61 Å². The second-order valence-corrected chi connectivity index (χ2v) is 7.09. The van der Waals surface area contributed by atoms with Gasteiger partial charge in [-0.1, -0.05) is 19.9 Å². The summed E-state index contributed by atoms with van der Waals surface area (Å²) in [6.45, 7) is 10.5. The number of methoxy groups -OCH3 is 1. The highest BCUT2D eigenvalue weighted by atomic mass is 16.6. The molecule has 0 bridgehead atoms. The highest BCUT2D eigenvalue weighted by Crippen LogP contribution is 2.39. The van der Waals surface area contributed by atoms with Crippen LogP contribution in [0.25, 0.3) is 0 Å². The zero-order valence-electron chi connectivity index (χ0n) is 14.9. The molecule has 128 valence electrons. The zero-order valence-corrected chi connectivity index (χ0v) is 14.9. The van der Waals surface area contributed by atoms with Crippen molar-refractivity contribution in [2.45, 2.75) is 46.1 Å². The summed E-state index contributed by atoms with van der Waals surface area (Å²) in [5, 5.41) is 0. The van der Waals surface area contributed by atoms with Gasteiger partial charge in [0.2, 0.25) is 5.88 Å². The Kier molecular flexibility index (Phi) is 6.06. The first-order valence-electron chi connectivity index (χ1n) is 8.23. The molecule has 1 saturated heterocycles. The molecule has 0 unspecified atom stereocenters. The lowest BCUT2D eigenvalue weighted by Gasteiger charge is -2.45. The zero-order chi connectivity index (χ0) is 16.9. The molecule has 0 amide bonds. The maximum absolute atomic E-state index is 6.30. The lowest BCUT2D eigenvalue weighted by atomic mass is 9.69. The molecule has 0 spiro atoms. The summed E-state index contributed by atoms with van der Waals surface area (Å²) in [7, 11) is 1.25. The molecule has 1 aromatic rings. The van der Waals surface area contributed by atoms with Crippen molar-refractivity contribution in [3.8, 4) is 5.88 Å². The van der Waals surface area contributed by atoms with Crippen LogP contribution in [0.3, 0.4) is 0 Å². The molecule has 1 aliphatic heterocycles. The lowest BCUT2D eigenvalue weighted by molar-refractivity contribution is -0.0485. The van der Waals surface area contributed by atoms with Crippen LogP contribution in [0, 0.1) is 5.41 Å². The van der Waals surface area contributed by atoms with Gasteiger partial charge in [0, 0.05) is 25.4 Å². The molecule has 5 nitrogen and oxygen atoms in total. The normalized spacial score (nSPS) is 20.7. The topological polar surface area (TPSA) is 49.8 Å². The van der Waals surface area contributed by atoms with E-state index in [9.17, 15) is 0 Å². The van der Waals surface area contributed by atoms with Crippen molar-refractivity contribution < 1.29 is 18.8 Å². The average molecular weight is 321 g/mol. The Labute approximate surface area is 139 Å². The van der Waals surface area contributed by atoms with Crippen LogP contribution >= 0.6 is 0 Å². The number of rotatable bonds is 5. The molecule has 1 aromatic heterocycles. The fraction of sp³-hybridized carbons (Fsp3) is 0.706. The fourth-order valence-electron chi connectivity index (χ4n) is 2.48. The number of pyridine rings is 1. The van der Waals surface area contributed by atoms with Gasteiger partial charge in [-0.15, -0.1) is 0 Å². The van der Waals surface area contributed by atoms with Crippen LogP contribution in [-0.2, 0) is 14.0 Å². The van der Waals surface area contributed by atoms with Gasteiger partial charge in [0.15, 0.2) is 0 Å². The first-order valence-corrected chi connectivity index (χ1v) is 8.23. The van der Waals surface area contributed by atoms with E-state index in [1.54, 1.807) is 13.3 Å². The predicted octanol–water partition coefficient (Wildman–Crippen LogP) is 2.43. The van der Waals surface area contributed by atoms with Crippen LogP contribution in [0.1, 0.15) is 40.5 Å². The van der Waals surface area contributed by atoms with Gasteiger partial charge in [-0.3, -0.25) is 0 Å². The Hall–Kier alpha value is -1.11. The van der Waals surface area contributed by atoms with Crippen molar-refractivity contribution in [3.63, 3.8) is 0 Å². The number of nitrogens with zero attached hydrogens (tertiary/aromatic N) is 1. The molecular formula is C17H28BNO4. The van der Waals surface area contributed by atoms with Crippen molar-refractivity contribution in [1.82, 2.24) is 4.98 Å². The highest BCUT2D eigenvalue weighted by molar-refractivity contribution is 6.61. The Morgan fingerprint density at radius 1 is 1.22 bits per heavy atom. The summed E-state index contributed by atoms with van der Waals surface area (Å²) in [4.78, 5) is 4.33. The van der Waals surface area contributed by atoms with Crippen LogP contribution < -0.4 is 10.2 Å². The third-order valence-electron chi connectivity index (χ3n) is 4.82. The van der Waals surface area contributed by atoms with Crippen LogP contribution in [0.4, 0.5) is 0 Å². The first kappa shape index (κ1) is 18.2. The van der Waals surface area contributed by atoms with Crippen LogP contribution in [0.15, 0.2) is 18.3 Å². The molecule has 0 aliphatic carbocycles. The van der Waals surface area contributed by atoms with Crippen molar-refractivity contribution >= 4 is 12.6 Å². The monoisotopic (exact) mass is 321 g/mol. The largest absolute Gasteiger partial charge is 0.495 e. The van der Waals surface area contributed by atoms with Crippen molar-refractivity contribution in [2.75, 3.05) is 26.9 Å². The van der Waals surface area contributed by atoms with Gasteiger partial charge in [-0.2, -0.15) is 0 Å². The summed E-state index contributed by atoms with van der Waals surface area (Å²) < 4.78 is 22.7. The molecule has 2 rings (SSSR count). The number of ether oxygens (including phenoxy) is 2. The first-order chi connectivity index (χ1) is 10.9. The Morgan fingerprint density at radius 3 is 2.65 bits per heavy atom. The maximum atomic E-state index is 6.30. The molecule has 0 radical (unpaired) electrons. The molecule has 0 N–H and O–H groups in total. The highest BCUT2D eigenvalue weighted by Gasteiger charge is 2.42. The smallest absolute Gasteiger partial charge is 0.475 e. The van der Waals surface area contributed by atoms with E-state index in [1.165, 1.54) is 0 Å². The van der Waals surface area contributed by atoms with Gasteiger partial charge >= 0.3 is 7.12 Å². The molecule has 0 atom stereocenters. The van der Waals surface area contributed by atoms with E-state index in [4.69, 9.17) is 18.8 Å². The number of hydrogen-bond donors (Lipinski definition) is 0. The SMILES string of the molecule is COCCOc1ccc(B2OCCCC(C)(C)C(C)(C)O2)cn1. The van der Waals surface area contributed by atoms with Gasteiger partial charge in [0.25, 0.3) is 0 Å². The van der Waals surface area contributed by atoms with E-state index in [0.717, 1.165) is 18.3 Å². The van der Waals surface area contributed by atoms with Crippen molar-refractivity contribution in [2.24, 2.45) is 5.41 Å². The number of aromatic nitrogens is 1. The summed E-state index contributed by atoms with van der Waals surface area (Å²) in [5.41, 5.74) is 0.715. The Morgan fingerprint density at radius 2 is 2.00 bits per heavy atom. The molecule has 0 aromatic carbocycles. The van der Waals surface area contributed by atoms with E-state index in [2.05, 4.69) is 32.7 Å². The summed E-state index contributed by atoms with van der Waals surface area (Å²) in [5.74, 6) is 0.580. The third kappa shape index (κ3) is 4.69. The molecule has 23 heavy (non-hydrogen) atoms. The summed E-state index contributed by atoms with van der Waals surface area (Å²) in [6.07, 6.45) is 3.87. The van der Waals surface area contributed by atoms with E-state index in [1.807, 2.05) is 12.1 Å². The van der Waals surface area contributed by atoms with Crippen LogP contribution in [-0.4, -0.2) is 44.6 Å². The second kappa shape index (κ2) is 7.64. The minimum absolute atomic E-state index is 0.0890. The summed E-state index contributed by atoms with van der Waals surface area (Å²) in [6, 6.07) is 3.79. The molecule has 1 aliphatic rings. The van der Waals surface area contributed by atoms with E-state index < -0.39 is 7.12 Å². The van der Waals surface area contributed by atoms with Crippen molar-refractivity contribution in [3.05, 3.63) is 18.3 Å². The quantitative estimate of drug-likeness (QED) is 0.616. The Bertz CT molecular complexity index is 490. The second-order valence-electron chi connectivity index (χ2n) is 7.09. The van der Waals surface area contributed by atoms with Crippen LogP contribution in [0.2, 0.25) is 0 Å². The van der Waals surface area contributed by atoms with Gasteiger partial charge in [-0.05, 0) is 38.2 Å². The van der Waals surface area contributed by atoms with Crippen molar-refractivity contribution in [1.29, 1.82) is 0 Å². The van der Waals surface area contributed by atoms with Gasteiger partial charge in [-0.25, -0.2) is 4.98 Å². The predicted molar refractivity (Wildman–Crippen MR) is 91.1 cm³/mol. The lowest BCUT2D eigenvalue weighted by Crippen LogP contribution is -2.52. The third-order valence-corrected chi connectivity index (χ3v) is 4.82. The Balaban J connectivity index is 2.07. The maximum Gasteiger partial charge on any atom is 0.495 e. The van der Waals surface area contributed by atoms with E-state index in [-0.39, 0.29) is 11.0 Å². The standard InChI is InChI=1S/C17H28BNO4/c1-16(2)9-6-10-22-18(23-17(16,3)4)14-7-8-15(19-13-14)21-12-11-20-5/h7-8,13H,6,9-12H2,1-5H3. The van der Waals surface area contributed by atoms with Gasteiger partial charge in [0.05, 0.1) is 12.2 Å².